The standard InChI is InChI=1S/C19H19N3OS/c1-13-10-14(2)21-18(11-13)22-19(24)20-12-16-8-9-17(23-16)15-6-4-3-5-7-15/h3-11H,12H2,1-2H3,(H2,20,21,22,24). The highest BCUT2D eigenvalue weighted by atomic mass is 32.1. The Morgan fingerprint density at radius 2 is 1.88 bits per heavy atom. The number of benzene rings is 1. The van der Waals surface area contributed by atoms with E-state index < -0.39 is 0 Å². The van der Waals surface area contributed by atoms with Crippen molar-refractivity contribution in [2.45, 2.75) is 20.4 Å². The van der Waals surface area contributed by atoms with Gasteiger partial charge in [-0.1, -0.05) is 30.3 Å². The molecule has 2 aromatic heterocycles. The van der Waals surface area contributed by atoms with Crippen LogP contribution in [0.1, 0.15) is 17.0 Å². The summed E-state index contributed by atoms with van der Waals surface area (Å²) in [5, 5.41) is 6.76. The van der Waals surface area contributed by atoms with E-state index in [9.17, 15) is 0 Å². The number of thiocarbonyl (C=S) groups is 1. The Balaban J connectivity index is 1.58. The quantitative estimate of drug-likeness (QED) is 0.689. The van der Waals surface area contributed by atoms with Crippen molar-refractivity contribution in [1.82, 2.24) is 10.3 Å². The average Bonchev–Trinajstić information content (AvgIpc) is 3.02. The summed E-state index contributed by atoms with van der Waals surface area (Å²) < 4.78 is 5.84. The van der Waals surface area contributed by atoms with Gasteiger partial charge < -0.3 is 15.1 Å². The second kappa shape index (κ2) is 7.27. The average molecular weight is 337 g/mol. The Labute approximate surface area is 146 Å². The van der Waals surface area contributed by atoms with Gasteiger partial charge in [-0.3, -0.25) is 0 Å². The first-order chi connectivity index (χ1) is 11.6. The monoisotopic (exact) mass is 337 g/mol. The third-order valence-corrected chi connectivity index (χ3v) is 3.73. The second-order valence-corrected chi connectivity index (χ2v) is 6.02. The van der Waals surface area contributed by atoms with Crippen LogP contribution in [0.3, 0.4) is 0 Å². The van der Waals surface area contributed by atoms with Crippen LogP contribution in [0.5, 0.6) is 0 Å². The zero-order valence-electron chi connectivity index (χ0n) is 13.7. The number of rotatable bonds is 4. The third kappa shape index (κ3) is 4.20. The normalized spacial score (nSPS) is 10.4. The highest BCUT2D eigenvalue weighted by Crippen LogP contribution is 2.21. The first-order valence-corrected chi connectivity index (χ1v) is 8.15. The van der Waals surface area contributed by atoms with Gasteiger partial charge in [0.1, 0.15) is 17.3 Å². The summed E-state index contributed by atoms with van der Waals surface area (Å²) in [6, 6.07) is 17.9. The van der Waals surface area contributed by atoms with Crippen molar-refractivity contribution in [3.63, 3.8) is 0 Å². The van der Waals surface area contributed by atoms with Crippen molar-refractivity contribution in [2.75, 3.05) is 5.32 Å². The summed E-state index contributed by atoms with van der Waals surface area (Å²) in [7, 11) is 0. The number of hydrogen-bond acceptors (Lipinski definition) is 3. The molecular weight excluding hydrogens is 318 g/mol. The highest BCUT2D eigenvalue weighted by molar-refractivity contribution is 7.80. The molecule has 0 aliphatic carbocycles. The van der Waals surface area contributed by atoms with Crippen molar-refractivity contribution in [1.29, 1.82) is 0 Å². The van der Waals surface area contributed by atoms with Crippen molar-refractivity contribution in [3.05, 3.63) is 71.6 Å². The van der Waals surface area contributed by atoms with Crippen LogP contribution in [-0.4, -0.2) is 10.1 Å². The molecule has 122 valence electrons. The van der Waals surface area contributed by atoms with Crippen LogP contribution >= 0.6 is 12.2 Å². The van der Waals surface area contributed by atoms with E-state index >= 15 is 0 Å². The molecule has 0 atom stereocenters. The molecule has 3 aromatic rings. The fourth-order valence-corrected chi connectivity index (χ4v) is 2.64. The number of furan rings is 1. The van der Waals surface area contributed by atoms with E-state index in [1.165, 1.54) is 0 Å². The summed E-state index contributed by atoms with van der Waals surface area (Å²) in [4.78, 5) is 4.41. The fraction of sp³-hybridized carbons (Fsp3) is 0.158. The van der Waals surface area contributed by atoms with Gasteiger partial charge in [0.25, 0.3) is 0 Å². The minimum absolute atomic E-state index is 0.517. The molecule has 0 saturated heterocycles. The summed E-state index contributed by atoms with van der Waals surface area (Å²) in [5.41, 5.74) is 3.16. The van der Waals surface area contributed by atoms with E-state index in [2.05, 4.69) is 15.6 Å². The minimum atomic E-state index is 0.517. The molecule has 0 spiro atoms. The predicted molar refractivity (Wildman–Crippen MR) is 101 cm³/mol. The van der Waals surface area contributed by atoms with Gasteiger partial charge >= 0.3 is 0 Å². The van der Waals surface area contributed by atoms with Gasteiger partial charge in [0.05, 0.1) is 6.54 Å². The van der Waals surface area contributed by atoms with Crippen molar-refractivity contribution in [2.24, 2.45) is 0 Å². The number of pyridine rings is 1. The molecule has 0 fully saturated rings. The number of anilines is 1. The first-order valence-electron chi connectivity index (χ1n) is 7.74. The Bertz CT molecular complexity index is 823. The molecule has 0 saturated carbocycles. The van der Waals surface area contributed by atoms with Crippen molar-refractivity contribution in [3.8, 4) is 11.3 Å². The molecule has 0 unspecified atom stereocenters. The molecule has 5 heteroatoms. The van der Waals surface area contributed by atoms with Gasteiger partial charge in [-0.2, -0.15) is 0 Å². The Morgan fingerprint density at radius 3 is 2.62 bits per heavy atom. The fourth-order valence-electron chi connectivity index (χ4n) is 2.46. The van der Waals surface area contributed by atoms with Crippen molar-refractivity contribution < 1.29 is 4.42 Å². The number of nitrogens with one attached hydrogen (secondary N) is 2. The number of hydrogen-bond donors (Lipinski definition) is 2. The summed E-state index contributed by atoms with van der Waals surface area (Å²) >= 11 is 5.32. The molecule has 3 rings (SSSR count). The molecule has 0 aliphatic rings. The summed E-state index contributed by atoms with van der Waals surface area (Å²) in [5.74, 6) is 2.42. The van der Waals surface area contributed by atoms with E-state index in [0.717, 1.165) is 34.2 Å². The Hall–Kier alpha value is -2.66. The van der Waals surface area contributed by atoms with Crippen LogP contribution in [0.25, 0.3) is 11.3 Å². The minimum Gasteiger partial charge on any atom is -0.459 e. The molecule has 2 heterocycles. The zero-order chi connectivity index (χ0) is 16.9. The van der Waals surface area contributed by atoms with Gasteiger partial charge in [0, 0.05) is 11.3 Å². The molecule has 0 radical (unpaired) electrons. The van der Waals surface area contributed by atoms with Crippen LogP contribution in [0.4, 0.5) is 5.82 Å². The largest absolute Gasteiger partial charge is 0.459 e. The lowest BCUT2D eigenvalue weighted by molar-refractivity contribution is 0.516. The van der Waals surface area contributed by atoms with Crippen LogP contribution in [0.2, 0.25) is 0 Å². The van der Waals surface area contributed by atoms with Crippen LogP contribution in [0.15, 0.2) is 59.0 Å². The molecule has 24 heavy (non-hydrogen) atoms. The molecule has 4 nitrogen and oxygen atoms in total. The summed E-state index contributed by atoms with van der Waals surface area (Å²) in [6.45, 7) is 4.51. The number of aromatic nitrogens is 1. The maximum absolute atomic E-state index is 5.84. The van der Waals surface area contributed by atoms with Gasteiger partial charge in [0.15, 0.2) is 5.11 Å². The van der Waals surface area contributed by atoms with Gasteiger partial charge in [0.2, 0.25) is 0 Å². The van der Waals surface area contributed by atoms with E-state index in [-0.39, 0.29) is 0 Å². The van der Waals surface area contributed by atoms with E-state index in [1.54, 1.807) is 0 Å². The Kier molecular flexibility index (Phi) is 4.91. The molecular formula is C19H19N3OS. The van der Waals surface area contributed by atoms with Gasteiger partial charge in [-0.25, -0.2) is 4.98 Å². The molecule has 0 bridgehead atoms. The predicted octanol–water partition coefficient (Wildman–Crippen LogP) is 4.45. The lowest BCUT2D eigenvalue weighted by Gasteiger charge is -2.10. The molecule has 0 aliphatic heterocycles. The molecule has 2 N–H and O–H groups in total. The van der Waals surface area contributed by atoms with Crippen molar-refractivity contribution >= 4 is 23.1 Å². The number of nitrogens with zero attached hydrogens (tertiary/aromatic N) is 1. The molecule has 0 amide bonds. The smallest absolute Gasteiger partial charge is 0.172 e. The lowest BCUT2D eigenvalue weighted by atomic mass is 10.2. The highest BCUT2D eigenvalue weighted by Gasteiger charge is 2.06. The topological polar surface area (TPSA) is 50.1 Å². The second-order valence-electron chi connectivity index (χ2n) is 5.61. The maximum atomic E-state index is 5.84. The maximum Gasteiger partial charge on any atom is 0.172 e. The number of aryl methyl sites for hydroxylation is 2. The van der Waals surface area contributed by atoms with E-state index in [4.69, 9.17) is 16.6 Å². The van der Waals surface area contributed by atoms with Gasteiger partial charge in [-0.15, -0.1) is 0 Å². The first kappa shape index (κ1) is 16.2. The zero-order valence-corrected chi connectivity index (χ0v) is 14.5. The third-order valence-electron chi connectivity index (χ3n) is 3.48. The van der Waals surface area contributed by atoms with Gasteiger partial charge in [-0.05, 0) is 55.9 Å². The van der Waals surface area contributed by atoms with E-state index in [1.807, 2.05) is 68.4 Å². The van der Waals surface area contributed by atoms with Crippen LogP contribution in [-0.2, 0) is 6.54 Å². The van der Waals surface area contributed by atoms with Crippen LogP contribution in [0, 0.1) is 13.8 Å². The van der Waals surface area contributed by atoms with Crippen LogP contribution < -0.4 is 10.6 Å². The Morgan fingerprint density at radius 1 is 1.08 bits per heavy atom. The SMILES string of the molecule is Cc1cc(C)nc(NC(=S)NCc2ccc(-c3ccccc3)o2)c1. The lowest BCUT2D eigenvalue weighted by Crippen LogP contribution is -2.28. The van der Waals surface area contributed by atoms with E-state index in [0.29, 0.717) is 11.7 Å². The molecule has 1 aromatic carbocycles. The summed E-state index contributed by atoms with van der Waals surface area (Å²) in [6.07, 6.45) is 0.